The van der Waals surface area contributed by atoms with E-state index in [-0.39, 0.29) is 30.6 Å². The molecule has 8 heteroatoms. The van der Waals surface area contributed by atoms with Gasteiger partial charge >= 0.3 is 0 Å². The van der Waals surface area contributed by atoms with Crippen molar-refractivity contribution < 1.29 is 23.5 Å². The molecule has 2 aliphatic rings. The third-order valence-electron chi connectivity index (χ3n) is 5.82. The summed E-state index contributed by atoms with van der Waals surface area (Å²) >= 11 is 0. The number of likely N-dealkylation sites (tertiary alicyclic amines) is 1. The maximum atomic E-state index is 13.0. The molecule has 2 amide bonds. The number of anilines is 1. The summed E-state index contributed by atoms with van der Waals surface area (Å²) in [5.41, 5.74) is 1.04. The van der Waals surface area contributed by atoms with Crippen LogP contribution in [-0.4, -0.2) is 62.9 Å². The summed E-state index contributed by atoms with van der Waals surface area (Å²) in [4.78, 5) is 29.5. The van der Waals surface area contributed by atoms with E-state index in [9.17, 15) is 9.59 Å². The fourth-order valence-electron chi connectivity index (χ4n) is 4.17. The number of piperidine rings is 1. The van der Waals surface area contributed by atoms with Crippen LogP contribution in [0.5, 0.6) is 0 Å². The molecule has 2 saturated heterocycles. The minimum Gasteiger partial charge on any atom is -0.467 e. The first-order chi connectivity index (χ1) is 15.1. The van der Waals surface area contributed by atoms with Gasteiger partial charge in [-0.3, -0.25) is 14.5 Å². The normalized spacial score (nSPS) is 20.0. The number of likely N-dealkylation sites (N-methyl/N-ethyl adjacent to an activating group) is 1. The average molecular weight is 428 g/mol. The monoisotopic (exact) mass is 427 g/mol. The first-order valence-electron chi connectivity index (χ1n) is 10.7. The number of para-hydroxylation sites is 1. The summed E-state index contributed by atoms with van der Waals surface area (Å²) < 4.78 is 16.6. The number of benzene rings is 1. The molecule has 0 spiro atoms. The summed E-state index contributed by atoms with van der Waals surface area (Å²) in [6, 6.07) is 10.7. The lowest BCUT2D eigenvalue weighted by molar-refractivity contribution is -0.123. The summed E-state index contributed by atoms with van der Waals surface area (Å²) in [5, 5.41) is 2.85. The van der Waals surface area contributed by atoms with Crippen LogP contribution in [0.1, 0.15) is 29.0 Å². The molecule has 1 aromatic carbocycles. The Bertz CT molecular complexity index is 879. The molecular formula is C23H29N3O5. The zero-order valence-corrected chi connectivity index (χ0v) is 17.8. The van der Waals surface area contributed by atoms with Gasteiger partial charge in [-0.2, -0.15) is 0 Å². The van der Waals surface area contributed by atoms with E-state index in [4.69, 9.17) is 13.9 Å². The molecule has 0 saturated carbocycles. The van der Waals surface area contributed by atoms with Crippen LogP contribution in [0.4, 0.5) is 5.69 Å². The number of ether oxygens (including phenoxy) is 2. The van der Waals surface area contributed by atoms with Crippen molar-refractivity contribution >= 4 is 17.5 Å². The molecule has 4 rings (SSSR count). The van der Waals surface area contributed by atoms with Gasteiger partial charge in [0, 0.05) is 19.5 Å². The van der Waals surface area contributed by atoms with Crippen LogP contribution in [0.25, 0.3) is 0 Å². The molecule has 2 aromatic rings. The van der Waals surface area contributed by atoms with E-state index < -0.39 is 0 Å². The van der Waals surface area contributed by atoms with E-state index in [0.717, 1.165) is 25.9 Å². The van der Waals surface area contributed by atoms with Crippen LogP contribution in [-0.2, 0) is 20.8 Å². The Kier molecular flexibility index (Phi) is 7.01. The van der Waals surface area contributed by atoms with Gasteiger partial charge in [0.15, 0.2) is 6.29 Å². The highest BCUT2D eigenvalue weighted by molar-refractivity contribution is 6.04. The number of rotatable bonds is 7. The molecule has 1 atom stereocenters. The summed E-state index contributed by atoms with van der Waals surface area (Å²) in [5.74, 6) is 0.652. The molecule has 2 fully saturated rings. The Hall–Kier alpha value is -2.68. The molecule has 8 nitrogen and oxygen atoms in total. The lowest BCUT2D eigenvalue weighted by atomic mass is 9.97. The fraction of sp³-hybridized carbons (Fsp3) is 0.478. The number of furan rings is 1. The van der Waals surface area contributed by atoms with Crippen molar-refractivity contribution in [1.29, 1.82) is 0 Å². The molecular weight excluding hydrogens is 398 g/mol. The van der Waals surface area contributed by atoms with Gasteiger partial charge < -0.3 is 24.1 Å². The zero-order valence-electron chi connectivity index (χ0n) is 17.8. The highest BCUT2D eigenvalue weighted by atomic mass is 16.7. The predicted molar refractivity (Wildman–Crippen MR) is 115 cm³/mol. The number of carbonyl (C=O) groups is 2. The quantitative estimate of drug-likeness (QED) is 0.730. The maximum absolute atomic E-state index is 13.0. The molecule has 1 aromatic heterocycles. The van der Waals surface area contributed by atoms with Gasteiger partial charge in [0.25, 0.3) is 5.91 Å². The number of nitrogens with one attached hydrogen (secondary N) is 1. The summed E-state index contributed by atoms with van der Waals surface area (Å²) in [6.45, 7) is 3.51. The number of amides is 2. The molecule has 0 radical (unpaired) electrons. The largest absolute Gasteiger partial charge is 0.467 e. The molecule has 166 valence electrons. The number of hydrogen-bond acceptors (Lipinski definition) is 6. The second-order valence-corrected chi connectivity index (χ2v) is 7.98. The van der Waals surface area contributed by atoms with Crippen molar-refractivity contribution in [1.82, 2.24) is 10.2 Å². The van der Waals surface area contributed by atoms with E-state index in [1.807, 2.05) is 6.07 Å². The van der Waals surface area contributed by atoms with Crippen molar-refractivity contribution in [2.45, 2.75) is 25.7 Å². The van der Waals surface area contributed by atoms with Crippen molar-refractivity contribution in [2.75, 3.05) is 44.8 Å². The second-order valence-electron chi connectivity index (χ2n) is 7.98. The minimum atomic E-state index is -0.250. The van der Waals surface area contributed by atoms with Crippen LogP contribution >= 0.6 is 0 Å². The van der Waals surface area contributed by atoms with Gasteiger partial charge in [-0.25, -0.2) is 0 Å². The van der Waals surface area contributed by atoms with Crippen molar-refractivity contribution in [2.24, 2.45) is 5.92 Å². The second kappa shape index (κ2) is 10.1. The third-order valence-corrected chi connectivity index (χ3v) is 5.82. The topological polar surface area (TPSA) is 84.2 Å². The van der Waals surface area contributed by atoms with E-state index >= 15 is 0 Å². The molecule has 0 aliphatic carbocycles. The predicted octanol–water partition coefficient (Wildman–Crippen LogP) is 2.26. The Morgan fingerprint density at radius 2 is 1.97 bits per heavy atom. The minimum absolute atomic E-state index is 0.0554. The van der Waals surface area contributed by atoms with E-state index in [1.54, 1.807) is 48.5 Å². The van der Waals surface area contributed by atoms with Gasteiger partial charge in [-0.15, -0.1) is 0 Å². The highest BCUT2D eigenvalue weighted by Crippen LogP contribution is 2.25. The van der Waals surface area contributed by atoms with E-state index in [1.165, 1.54) is 0 Å². The van der Waals surface area contributed by atoms with Gasteiger partial charge in [-0.1, -0.05) is 12.1 Å². The Balaban J connectivity index is 1.37. The smallest absolute Gasteiger partial charge is 0.253 e. The van der Waals surface area contributed by atoms with Crippen LogP contribution in [0.2, 0.25) is 0 Å². The van der Waals surface area contributed by atoms with Crippen molar-refractivity contribution in [3.05, 3.63) is 54.0 Å². The lowest BCUT2D eigenvalue weighted by Gasteiger charge is -2.35. The number of nitrogens with zero attached hydrogens (tertiary/aromatic N) is 2. The van der Waals surface area contributed by atoms with Gasteiger partial charge in [0.1, 0.15) is 5.76 Å². The molecule has 1 N–H and O–H groups in total. The third kappa shape index (κ3) is 5.33. The van der Waals surface area contributed by atoms with Crippen LogP contribution in [0, 0.1) is 5.92 Å². The van der Waals surface area contributed by atoms with Gasteiger partial charge in [0.05, 0.1) is 43.8 Å². The van der Waals surface area contributed by atoms with Crippen LogP contribution in [0.15, 0.2) is 47.1 Å². The first kappa shape index (κ1) is 21.5. The van der Waals surface area contributed by atoms with Crippen LogP contribution < -0.4 is 10.2 Å². The number of hydrogen-bond donors (Lipinski definition) is 1. The number of carbonyl (C=O) groups excluding carboxylic acids is 2. The lowest BCUT2D eigenvalue weighted by Crippen LogP contribution is -2.46. The fourth-order valence-corrected chi connectivity index (χ4v) is 4.17. The molecule has 0 bridgehead atoms. The van der Waals surface area contributed by atoms with E-state index in [2.05, 4.69) is 10.2 Å². The Morgan fingerprint density at radius 1 is 1.16 bits per heavy atom. The Morgan fingerprint density at radius 3 is 2.74 bits per heavy atom. The molecule has 1 unspecified atom stereocenters. The van der Waals surface area contributed by atoms with E-state index in [0.29, 0.717) is 36.8 Å². The molecule has 31 heavy (non-hydrogen) atoms. The van der Waals surface area contributed by atoms with Gasteiger partial charge in [0.2, 0.25) is 5.91 Å². The van der Waals surface area contributed by atoms with Gasteiger partial charge in [-0.05, 0) is 43.7 Å². The first-order valence-corrected chi connectivity index (χ1v) is 10.7. The average Bonchev–Trinajstić information content (AvgIpc) is 3.51. The Labute approximate surface area is 182 Å². The standard InChI is InChI=1S/C23H29N3O5/c1-25(21(27)16-26-10-4-6-17(15-26)23-30-12-13-31-23)20-9-3-2-8-19(20)22(28)24-14-18-7-5-11-29-18/h2-3,5,7-9,11,17,23H,4,6,10,12-16H2,1H3,(H,24,28). The van der Waals surface area contributed by atoms with Crippen molar-refractivity contribution in [3.8, 4) is 0 Å². The summed E-state index contributed by atoms with van der Waals surface area (Å²) in [6.07, 6.45) is 3.47. The molecule has 2 aliphatic heterocycles. The molecule has 3 heterocycles. The maximum Gasteiger partial charge on any atom is 0.253 e. The zero-order chi connectivity index (χ0) is 21.6. The highest BCUT2D eigenvalue weighted by Gasteiger charge is 2.32. The van der Waals surface area contributed by atoms with Crippen LogP contribution in [0.3, 0.4) is 0 Å². The SMILES string of the molecule is CN(C(=O)CN1CCCC(C2OCCO2)C1)c1ccccc1C(=O)NCc1ccco1. The summed E-state index contributed by atoms with van der Waals surface area (Å²) in [7, 11) is 1.71. The van der Waals surface area contributed by atoms with Crippen molar-refractivity contribution in [3.63, 3.8) is 0 Å².